The molecule has 1 atom stereocenters. The van der Waals surface area contributed by atoms with Crippen LogP contribution in [0.1, 0.15) is 28.9 Å². The molecule has 3 nitrogen and oxygen atoms in total. The minimum atomic E-state index is -0.758. The van der Waals surface area contributed by atoms with Gasteiger partial charge in [0.2, 0.25) is 0 Å². The first-order valence-electron chi connectivity index (χ1n) is 6.19. The molecule has 0 saturated heterocycles. The quantitative estimate of drug-likeness (QED) is 0.854. The fourth-order valence-electron chi connectivity index (χ4n) is 1.88. The van der Waals surface area contributed by atoms with Crippen molar-refractivity contribution in [2.45, 2.75) is 13.0 Å². The molecule has 0 saturated carbocycles. The minimum absolute atomic E-state index is 0.0656. The molecule has 2 aromatic carbocycles. The Kier molecular flexibility index (Phi) is 4.16. The summed E-state index contributed by atoms with van der Waals surface area (Å²) in [5.41, 5.74) is 5.46. The Morgan fingerprint density at radius 3 is 2.43 bits per heavy atom. The molecule has 0 aliphatic rings. The average Bonchev–Trinajstić information content (AvgIpc) is 2.41. The highest BCUT2D eigenvalue weighted by Gasteiger charge is 2.16. The summed E-state index contributed by atoms with van der Waals surface area (Å²) < 4.78 is 39.7. The van der Waals surface area contributed by atoms with Gasteiger partial charge in [0, 0.05) is 17.2 Å². The van der Waals surface area contributed by atoms with Crippen LogP contribution in [0.3, 0.4) is 0 Å². The van der Waals surface area contributed by atoms with Gasteiger partial charge in [0.15, 0.2) is 0 Å². The fourth-order valence-corrected chi connectivity index (χ4v) is 1.88. The van der Waals surface area contributed by atoms with Crippen molar-refractivity contribution in [1.29, 1.82) is 0 Å². The molecule has 0 aliphatic heterocycles. The SMILES string of the molecule is CC(NC(=O)c1ccc(N)c(F)c1)c1ccc(F)cc1F. The van der Waals surface area contributed by atoms with Gasteiger partial charge in [-0.25, -0.2) is 13.2 Å². The van der Waals surface area contributed by atoms with E-state index in [9.17, 15) is 18.0 Å². The van der Waals surface area contributed by atoms with Crippen LogP contribution in [0.2, 0.25) is 0 Å². The number of carbonyl (C=O) groups excluding carboxylic acids is 1. The topological polar surface area (TPSA) is 55.1 Å². The molecule has 0 aromatic heterocycles. The number of nitrogens with one attached hydrogen (secondary N) is 1. The van der Waals surface area contributed by atoms with E-state index in [2.05, 4.69) is 5.32 Å². The number of anilines is 1. The monoisotopic (exact) mass is 294 g/mol. The van der Waals surface area contributed by atoms with Crippen LogP contribution in [0.4, 0.5) is 18.9 Å². The molecule has 0 bridgehead atoms. The third-order valence-electron chi connectivity index (χ3n) is 3.04. The van der Waals surface area contributed by atoms with E-state index in [0.717, 1.165) is 18.2 Å². The van der Waals surface area contributed by atoms with Crippen molar-refractivity contribution in [3.8, 4) is 0 Å². The smallest absolute Gasteiger partial charge is 0.251 e. The molecule has 2 aromatic rings. The van der Waals surface area contributed by atoms with Gasteiger partial charge in [-0.15, -0.1) is 0 Å². The summed E-state index contributed by atoms with van der Waals surface area (Å²) in [5, 5.41) is 2.51. The first kappa shape index (κ1) is 14.9. The van der Waals surface area contributed by atoms with Crippen LogP contribution in [0.15, 0.2) is 36.4 Å². The maximum Gasteiger partial charge on any atom is 0.251 e. The second kappa shape index (κ2) is 5.87. The maximum absolute atomic E-state index is 13.6. The standard InChI is InChI=1S/C15H13F3N2O/c1-8(11-4-3-10(16)7-12(11)17)20-15(21)9-2-5-14(19)13(18)6-9/h2-8H,19H2,1H3,(H,20,21). The molecule has 0 spiro atoms. The summed E-state index contributed by atoms with van der Waals surface area (Å²) in [5.74, 6) is -2.74. The molecule has 2 rings (SSSR count). The molecule has 0 heterocycles. The highest BCUT2D eigenvalue weighted by molar-refractivity contribution is 5.94. The molecule has 110 valence electrons. The van der Waals surface area contributed by atoms with Crippen molar-refractivity contribution in [2.75, 3.05) is 5.73 Å². The van der Waals surface area contributed by atoms with Crippen molar-refractivity contribution in [3.63, 3.8) is 0 Å². The van der Waals surface area contributed by atoms with Gasteiger partial charge in [0.05, 0.1) is 11.7 Å². The predicted octanol–water partition coefficient (Wildman–Crippen LogP) is 3.18. The molecule has 1 unspecified atom stereocenters. The average molecular weight is 294 g/mol. The second-order valence-corrected chi connectivity index (χ2v) is 4.60. The van der Waals surface area contributed by atoms with E-state index in [1.54, 1.807) is 6.92 Å². The Balaban J connectivity index is 2.16. The Bertz CT molecular complexity index is 689. The van der Waals surface area contributed by atoms with E-state index in [1.807, 2.05) is 0 Å². The lowest BCUT2D eigenvalue weighted by atomic mass is 10.1. The van der Waals surface area contributed by atoms with Crippen LogP contribution < -0.4 is 11.1 Å². The molecule has 6 heteroatoms. The predicted molar refractivity (Wildman–Crippen MR) is 73.1 cm³/mol. The summed E-state index contributed by atoms with van der Waals surface area (Å²) in [6.45, 7) is 1.54. The highest BCUT2D eigenvalue weighted by atomic mass is 19.1. The van der Waals surface area contributed by atoms with Crippen molar-refractivity contribution in [1.82, 2.24) is 5.32 Å². The van der Waals surface area contributed by atoms with Crippen LogP contribution in [0.5, 0.6) is 0 Å². The lowest BCUT2D eigenvalue weighted by molar-refractivity contribution is 0.0939. The summed E-state index contributed by atoms with van der Waals surface area (Å²) in [4.78, 5) is 12.0. The normalized spacial score (nSPS) is 12.0. The van der Waals surface area contributed by atoms with Crippen LogP contribution in [-0.2, 0) is 0 Å². The van der Waals surface area contributed by atoms with Crippen LogP contribution in [0, 0.1) is 17.5 Å². The van der Waals surface area contributed by atoms with Crippen LogP contribution in [0.25, 0.3) is 0 Å². The fraction of sp³-hybridized carbons (Fsp3) is 0.133. The third-order valence-corrected chi connectivity index (χ3v) is 3.04. The molecule has 0 radical (unpaired) electrons. The number of carbonyl (C=O) groups is 1. The zero-order chi connectivity index (χ0) is 15.6. The second-order valence-electron chi connectivity index (χ2n) is 4.60. The Morgan fingerprint density at radius 2 is 1.81 bits per heavy atom. The molecule has 21 heavy (non-hydrogen) atoms. The van der Waals surface area contributed by atoms with E-state index in [0.29, 0.717) is 0 Å². The maximum atomic E-state index is 13.6. The summed E-state index contributed by atoms with van der Waals surface area (Å²) in [6, 6.07) is 6.02. The largest absolute Gasteiger partial charge is 0.396 e. The summed E-state index contributed by atoms with van der Waals surface area (Å²) >= 11 is 0. The first-order valence-corrected chi connectivity index (χ1v) is 6.19. The van der Waals surface area contributed by atoms with E-state index >= 15 is 0 Å². The van der Waals surface area contributed by atoms with Gasteiger partial charge in [-0.3, -0.25) is 4.79 Å². The highest BCUT2D eigenvalue weighted by Crippen LogP contribution is 2.19. The number of benzene rings is 2. The zero-order valence-electron chi connectivity index (χ0n) is 11.2. The Morgan fingerprint density at radius 1 is 1.10 bits per heavy atom. The number of halogens is 3. The molecule has 0 fully saturated rings. The molecule has 1 amide bonds. The number of nitrogen functional groups attached to an aromatic ring is 1. The summed E-state index contributed by atoms with van der Waals surface area (Å²) in [6.07, 6.45) is 0. The van der Waals surface area contributed by atoms with E-state index < -0.39 is 29.4 Å². The summed E-state index contributed by atoms with van der Waals surface area (Å²) in [7, 11) is 0. The number of nitrogens with two attached hydrogens (primary N) is 1. The molecule has 3 N–H and O–H groups in total. The number of rotatable bonds is 3. The third kappa shape index (κ3) is 3.34. The molecule has 0 aliphatic carbocycles. The molecular formula is C15H13F3N2O. The van der Waals surface area contributed by atoms with Crippen LogP contribution >= 0.6 is 0 Å². The van der Waals surface area contributed by atoms with Crippen LogP contribution in [-0.4, -0.2) is 5.91 Å². The number of hydrogen-bond acceptors (Lipinski definition) is 2. The van der Waals surface area contributed by atoms with Gasteiger partial charge in [-0.05, 0) is 31.2 Å². The Hall–Kier alpha value is -2.50. The van der Waals surface area contributed by atoms with Gasteiger partial charge >= 0.3 is 0 Å². The van der Waals surface area contributed by atoms with E-state index in [-0.39, 0.29) is 16.8 Å². The van der Waals surface area contributed by atoms with Crippen molar-refractivity contribution in [2.24, 2.45) is 0 Å². The van der Waals surface area contributed by atoms with Crippen molar-refractivity contribution in [3.05, 3.63) is 65.0 Å². The van der Waals surface area contributed by atoms with Gasteiger partial charge in [-0.2, -0.15) is 0 Å². The number of amides is 1. The van der Waals surface area contributed by atoms with Gasteiger partial charge in [0.1, 0.15) is 17.5 Å². The molecular weight excluding hydrogens is 281 g/mol. The zero-order valence-corrected chi connectivity index (χ0v) is 11.2. The van der Waals surface area contributed by atoms with Crippen molar-refractivity contribution < 1.29 is 18.0 Å². The lowest BCUT2D eigenvalue weighted by Crippen LogP contribution is -2.27. The van der Waals surface area contributed by atoms with Gasteiger partial charge in [0.25, 0.3) is 5.91 Å². The first-order chi connectivity index (χ1) is 9.88. The van der Waals surface area contributed by atoms with E-state index in [1.165, 1.54) is 18.2 Å². The van der Waals surface area contributed by atoms with Gasteiger partial charge in [-0.1, -0.05) is 6.07 Å². The lowest BCUT2D eigenvalue weighted by Gasteiger charge is -2.15. The minimum Gasteiger partial charge on any atom is -0.396 e. The number of hydrogen-bond donors (Lipinski definition) is 2. The van der Waals surface area contributed by atoms with E-state index in [4.69, 9.17) is 5.73 Å². The van der Waals surface area contributed by atoms with Crippen molar-refractivity contribution >= 4 is 11.6 Å². The van der Waals surface area contributed by atoms with Gasteiger partial charge < -0.3 is 11.1 Å². The Labute approximate surface area is 119 Å².